The molecule has 1 fully saturated rings. The van der Waals surface area contributed by atoms with Gasteiger partial charge in [-0.15, -0.1) is 5.10 Å². The molecule has 0 radical (unpaired) electrons. The molecule has 1 aliphatic heterocycles. The van der Waals surface area contributed by atoms with E-state index in [2.05, 4.69) is 10.3 Å². The van der Waals surface area contributed by atoms with E-state index < -0.39 is 5.97 Å². The van der Waals surface area contributed by atoms with Crippen LogP contribution in [0.5, 0.6) is 0 Å². The maximum absolute atomic E-state index is 13.7. The molecule has 8 heteroatoms. The molecule has 6 nitrogen and oxygen atoms in total. The van der Waals surface area contributed by atoms with E-state index in [9.17, 15) is 9.18 Å². The molecule has 2 heterocycles. The summed E-state index contributed by atoms with van der Waals surface area (Å²) in [7, 11) is 0. The molecule has 0 atom stereocenters. The molecule has 110 valence electrons. The Morgan fingerprint density at radius 3 is 2.86 bits per heavy atom. The van der Waals surface area contributed by atoms with Gasteiger partial charge in [-0.25, -0.2) is 13.9 Å². The third-order valence-electron chi connectivity index (χ3n) is 3.48. The summed E-state index contributed by atoms with van der Waals surface area (Å²) in [4.78, 5) is 12.8. The summed E-state index contributed by atoms with van der Waals surface area (Å²) >= 11 is 5.99. The van der Waals surface area contributed by atoms with Crippen molar-refractivity contribution in [1.29, 1.82) is 0 Å². The van der Waals surface area contributed by atoms with Crippen LogP contribution in [0.25, 0.3) is 0 Å². The van der Waals surface area contributed by atoms with E-state index in [1.165, 1.54) is 16.9 Å². The summed E-state index contributed by atoms with van der Waals surface area (Å²) in [6, 6.07) is 4.67. The summed E-state index contributed by atoms with van der Waals surface area (Å²) < 4.78 is 15.2. The molecule has 0 amide bonds. The lowest BCUT2D eigenvalue weighted by atomic mass is 10.1. The number of nitrogens with zero attached hydrogens (tertiary/aromatic N) is 4. The van der Waals surface area contributed by atoms with Crippen molar-refractivity contribution in [2.75, 3.05) is 13.1 Å². The van der Waals surface area contributed by atoms with Crippen molar-refractivity contribution < 1.29 is 14.3 Å². The minimum Gasteiger partial charge on any atom is -0.476 e. The van der Waals surface area contributed by atoms with Crippen LogP contribution < -0.4 is 0 Å². The average molecular weight is 311 g/mol. The fourth-order valence-corrected chi connectivity index (χ4v) is 2.52. The van der Waals surface area contributed by atoms with Crippen molar-refractivity contribution in [3.63, 3.8) is 0 Å². The third-order valence-corrected chi connectivity index (χ3v) is 3.84. The van der Waals surface area contributed by atoms with Crippen molar-refractivity contribution in [2.24, 2.45) is 0 Å². The Bertz CT molecular complexity index is 664. The summed E-state index contributed by atoms with van der Waals surface area (Å²) in [5, 5.41) is 16.6. The van der Waals surface area contributed by atoms with E-state index >= 15 is 0 Å². The van der Waals surface area contributed by atoms with Crippen molar-refractivity contribution in [3.8, 4) is 0 Å². The van der Waals surface area contributed by atoms with Crippen LogP contribution in [0.3, 0.4) is 0 Å². The topological polar surface area (TPSA) is 71.2 Å². The van der Waals surface area contributed by atoms with Gasteiger partial charge in [-0.2, -0.15) is 0 Å². The first kappa shape index (κ1) is 14.0. The molecule has 0 aliphatic carbocycles. The zero-order valence-corrected chi connectivity index (χ0v) is 11.7. The van der Waals surface area contributed by atoms with Gasteiger partial charge in [0.25, 0.3) is 0 Å². The van der Waals surface area contributed by atoms with Gasteiger partial charge >= 0.3 is 5.97 Å². The van der Waals surface area contributed by atoms with E-state index in [-0.39, 0.29) is 17.6 Å². The zero-order chi connectivity index (χ0) is 15.0. The van der Waals surface area contributed by atoms with Gasteiger partial charge < -0.3 is 5.11 Å². The average Bonchev–Trinajstić information content (AvgIpc) is 2.85. The van der Waals surface area contributed by atoms with Gasteiger partial charge in [0.1, 0.15) is 5.82 Å². The highest BCUT2D eigenvalue weighted by Gasteiger charge is 2.30. The normalized spacial score (nSPS) is 15.9. The summed E-state index contributed by atoms with van der Waals surface area (Å²) in [6.45, 7) is 1.71. The van der Waals surface area contributed by atoms with Crippen molar-refractivity contribution in [3.05, 3.63) is 46.5 Å². The van der Waals surface area contributed by atoms with E-state index in [0.29, 0.717) is 30.2 Å². The fourth-order valence-electron chi connectivity index (χ4n) is 2.30. The number of hydrogen-bond donors (Lipinski definition) is 1. The first-order chi connectivity index (χ1) is 10.0. The van der Waals surface area contributed by atoms with Crippen LogP contribution in [0.4, 0.5) is 4.39 Å². The van der Waals surface area contributed by atoms with Crippen LogP contribution >= 0.6 is 11.6 Å². The first-order valence-electron chi connectivity index (χ1n) is 6.35. The maximum Gasteiger partial charge on any atom is 0.358 e. The molecule has 2 aromatic rings. The molecule has 21 heavy (non-hydrogen) atoms. The van der Waals surface area contributed by atoms with Gasteiger partial charge in [0, 0.05) is 30.2 Å². The van der Waals surface area contributed by atoms with Gasteiger partial charge in [-0.1, -0.05) is 22.9 Å². The lowest BCUT2D eigenvalue weighted by Gasteiger charge is -2.39. The fraction of sp³-hybridized carbons (Fsp3) is 0.308. The predicted molar refractivity (Wildman–Crippen MR) is 72.7 cm³/mol. The van der Waals surface area contributed by atoms with E-state index in [1.807, 2.05) is 4.90 Å². The van der Waals surface area contributed by atoms with Gasteiger partial charge in [0.05, 0.1) is 12.2 Å². The number of aromatic nitrogens is 3. The Labute approximate surface area is 124 Å². The third kappa shape index (κ3) is 2.74. The number of halogens is 2. The maximum atomic E-state index is 13.7. The van der Waals surface area contributed by atoms with Crippen LogP contribution in [0.2, 0.25) is 5.02 Å². The number of likely N-dealkylation sites (tertiary alicyclic amines) is 1. The lowest BCUT2D eigenvalue weighted by molar-refractivity contribution is 0.0690. The SMILES string of the molecule is O=C(O)c1cn(C2CN(Cc3c(F)cccc3Cl)C2)nn1. The highest BCUT2D eigenvalue weighted by molar-refractivity contribution is 6.31. The number of hydrogen-bond acceptors (Lipinski definition) is 4. The summed E-state index contributed by atoms with van der Waals surface area (Å²) in [5.74, 6) is -1.42. The van der Waals surface area contributed by atoms with Gasteiger partial charge in [-0.3, -0.25) is 4.90 Å². The minimum atomic E-state index is -1.10. The molecule has 1 aliphatic rings. The highest BCUT2D eigenvalue weighted by Crippen LogP contribution is 2.26. The summed E-state index contributed by atoms with van der Waals surface area (Å²) in [6.07, 6.45) is 1.40. The van der Waals surface area contributed by atoms with Crippen molar-refractivity contribution in [1.82, 2.24) is 19.9 Å². The monoisotopic (exact) mass is 310 g/mol. The van der Waals surface area contributed by atoms with Gasteiger partial charge in [-0.05, 0) is 12.1 Å². The van der Waals surface area contributed by atoms with Crippen LogP contribution in [-0.4, -0.2) is 44.1 Å². The van der Waals surface area contributed by atoms with Crippen LogP contribution in [0.15, 0.2) is 24.4 Å². The molecule has 1 aromatic heterocycles. The molecule has 1 N–H and O–H groups in total. The molecule has 1 saturated heterocycles. The largest absolute Gasteiger partial charge is 0.476 e. The highest BCUT2D eigenvalue weighted by atomic mass is 35.5. The molecule has 1 aromatic carbocycles. The van der Waals surface area contributed by atoms with Crippen LogP contribution in [0.1, 0.15) is 22.1 Å². The molecule has 3 rings (SSSR count). The molecule has 0 bridgehead atoms. The Kier molecular flexibility index (Phi) is 3.60. The second kappa shape index (κ2) is 5.42. The number of carbonyl (C=O) groups is 1. The quantitative estimate of drug-likeness (QED) is 0.933. The molecular formula is C13H12ClFN4O2. The number of aromatic carboxylic acids is 1. The Morgan fingerprint density at radius 2 is 2.24 bits per heavy atom. The number of carboxylic acids is 1. The molecular weight excluding hydrogens is 299 g/mol. The second-order valence-corrected chi connectivity index (χ2v) is 5.34. The van der Waals surface area contributed by atoms with Crippen molar-refractivity contribution >= 4 is 17.6 Å². The second-order valence-electron chi connectivity index (χ2n) is 4.94. The Balaban J connectivity index is 1.62. The summed E-state index contributed by atoms with van der Waals surface area (Å²) in [5.41, 5.74) is 0.396. The first-order valence-corrected chi connectivity index (χ1v) is 6.73. The van der Waals surface area contributed by atoms with Crippen LogP contribution in [-0.2, 0) is 6.54 Å². The zero-order valence-electron chi connectivity index (χ0n) is 10.9. The van der Waals surface area contributed by atoms with E-state index in [0.717, 1.165) is 0 Å². The number of rotatable bonds is 4. The van der Waals surface area contributed by atoms with Crippen LogP contribution in [0, 0.1) is 5.82 Å². The Morgan fingerprint density at radius 1 is 1.48 bits per heavy atom. The number of benzene rings is 1. The van der Waals surface area contributed by atoms with Gasteiger partial charge in [0.15, 0.2) is 5.69 Å². The molecule has 0 unspecified atom stereocenters. The molecule has 0 saturated carbocycles. The molecule has 0 spiro atoms. The smallest absolute Gasteiger partial charge is 0.358 e. The minimum absolute atomic E-state index is 0.0520. The van der Waals surface area contributed by atoms with E-state index in [4.69, 9.17) is 16.7 Å². The Hall–Kier alpha value is -1.99. The van der Waals surface area contributed by atoms with Crippen molar-refractivity contribution in [2.45, 2.75) is 12.6 Å². The predicted octanol–water partition coefficient (Wildman–Crippen LogP) is 1.83. The lowest BCUT2D eigenvalue weighted by Crippen LogP contribution is -2.47. The standard InChI is InChI=1S/C13H12ClFN4O2/c14-10-2-1-3-11(15)9(10)6-18-4-8(5-18)19-7-12(13(20)21)16-17-19/h1-3,7-8H,4-6H2,(H,20,21). The number of carboxylic acid groups (broad SMARTS) is 1. The van der Waals surface area contributed by atoms with E-state index in [1.54, 1.807) is 12.1 Å². The van der Waals surface area contributed by atoms with Gasteiger partial charge in [0.2, 0.25) is 0 Å².